The zero-order valence-corrected chi connectivity index (χ0v) is 18.8. The van der Waals surface area contributed by atoms with Gasteiger partial charge in [0.25, 0.3) is 5.91 Å². The number of sulfonamides is 1. The van der Waals surface area contributed by atoms with E-state index < -0.39 is 10.0 Å². The lowest BCUT2D eigenvalue weighted by Crippen LogP contribution is -2.31. The van der Waals surface area contributed by atoms with Gasteiger partial charge in [0.1, 0.15) is 5.75 Å². The van der Waals surface area contributed by atoms with Crippen molar-refractivity contribution in [2.45, 2.75) is 63.8 Å². The molecule has 0 aliphatic rings. The third-order valence-electron chi connectivity index (χ3n) is 4.77. The van der Waals surface area contributed by atoms with Crippen LogP contribution in [-0.2, 0) is 10.0 Å². The molecule has 2 rings (SSSR count). The van der Waals surface area contributed by atoms with E-state index in [9.17, 15) is 13.2 Å². The predicted octanol–water partition coefficient (Wildman–Crippen LogP) is 4.97. The molecule has 0 aromatic heterocycles. The molecule has 1 atom stereocenters. The molecule has 2 N–H and O–H groups in total. The normalized spacial score (nSPS) is 12.4. The average Bonchev–Trinajstić information content (AvgIpc) is 2.74. The lowest BCUT2D eigenvalue weighted by atomic mass is 10.2. The van der Waals surface area contributed by atoms with Crippen molar-refractivity contribution in [3.63, 3.8) is 0 Å². The van der Waals surface area contributed by atoms with Crippen LogP contribution in [0.25, 0.3) is 0 Å². The summed E-state index contributed by atoms with van der Waals surface area (Å²) in [6.45, 7) is 6.58. The second-order valence-electron chi connectivity index (χ2n) is 7.34. The van der Waals surface area contributed by atoms with E-state index in [-0.39, 0.29) is 16.8 Å². The van der Waals surface area contributed by atoms with E-state index in [0.717, 1.165) is 18.6 Å². The Kier molecular flexibility index (Phi) is 9.33. The predicted molar refractivity (Wildman–Crippen MR) is 121 cm³/mol. The number of unbranched alkanes of at least 4 members (excludes halogenated alkanes) is 3. The molecular weight excluding hydrogens is 400 g/mol. The SMILES string of the molecule is CCCCCCOc1ccc(C(=O)Nc2ccc(S(=O)(=O)NC(C)CC)cc2)cc1. The largest absolute Gasteiger partial charge is 0.494 e. The van der Waals surface area contributed by atoms with Crippen LogP contribution in [0.2, 0.25) is 0 Å². The maximum atomic E-state index is 12.4. The number of ether oxygens (including phenoxy) is 1. The summed E-state index contributed by atoms with van der Waals surface area (Å²) in [5.41, 5.74) is 1.03. The molecule has 0 fully saturated rings. The van der Waals surface area contributed by atoms with E-state index in [0.29, 0.717) is 24.3 Å². The Labute approximate surface area is 180 Å². The standard InChI is InChI=1S/C23H32N2O4S/c1-4-6-7-8-17-29-21-13-9-19(10-14-21)23(26)24-20-11-15-22(16-12-20)30(27,28)25-18(3)5-2/h9-16,18,25H,4-8,17H2,1-3H3,(H,24,26). The maximum Gasteiger partial charge on any atom is 0.255 e. The highest BCUT2D eigenvalue weighted by Gasteiger charge is 2.16. The van der Waals surface area contributed by atoms with E-state index in [1.54, 1.807) is 36.4 Å². The summed E-state index contributed by atoms with van der Waals surface area (Å²) in [6, 6.07) is 13.0. The molecule has 2 aromatic rings. The Hall–Kier alpha value is -2.38. The number of hydrogen-bond acceptors (Lipinski definition) is 4. The van der Waals surface area contributed by atoms with Crippen molar-refractivity contribution in [2.75, 3.05) is 11.9 Å². The third kappa shape index (κ3) is 7.46. The fraction of sp³-hybridized carbons (Fsp3) is 0.435. The van der Waals surface area contributed by atoms with Gasteiger partial charge in [0.15, 0.2) is 0 Å². The van der Waals surface area contributed by atoms with Gasteiger partial charge in [0.05, 0.1) is 11.5 Å². The molecule has 0 aliphatic heterocycles. The van der Waals surface area contributed by atoms with Crippen molar-refractivity contribution in [1.29, 1.82) is 0 Å². The van der Waals surface area contributed by atoms with Crippen LogP contribution >= 0.6 is 0 Å². The number of rotatable bonds is 12. The van der Waals surface area contributed by atoms with Crippen LogP contribution in [-0.4, -0.2) is 27.0 Å². The third-order valence-corrected chi connectivity index (χ3v) is 6.38. The first-order valence-electron chi connectivity index (χ1n) is 10.5. The van der Waals surface area contributed by atoms with Gasteiger partial charge in [0.2, 0.25) is 10.0 Å². The molecule has 0 aliphatic carbocycles. The topological polar surface area (TPSA) is 84.5 Å². The monoisotopic (exact) mass is 432 g/mol. The molecule has 164 valence electrons. The molecule has 0 saturated carbocycles. The molecule has 0 radical (unpaired) electrons. The van der Waals surface area contributed by atoms with Gasteiger partial charge in [-0.2, -0.15) is 0 Å². The Morgan fingerprint density at radius 2 is 1.63 bits per heavy atom. The van der Waals surface area contributed by atoms with E-state index in [1.165, 1.54) is 25.0 Å². The maximum absolute atomic E-state index is 12.4. The molecule has 6 nitrogen and oxygen atoms in total. The smallest absolute Gasteiger partial charge is 0.255 e. The highest BCUT2D eigenvalue weighted by molar-refractivity contribution is 7.89. The summed E-state index contributed by atoms with van der Waals surface area (Å²) in [5.74, 6) is 0.476. The van der Waals surface area contributed by atoms with Crippen molar-refractivity contribution in [1.82, 2.24) is 4.72 Å². The lowest BCUT2D eigenvalue weighted by molar-refractivity contribution is 0.102. The van der Waals surface area contributed by atoms with E-state index in [1.807, 2.05) is 13.8 Å². The van der Waals surface area contributed by atoms with E-state index in [4.69, 9.17) is 4.74 Å². The zero-order valence-electron chi connectivity index (χ0n) is 18.0. The van der Waals surface area contributed by atoms with Gasteiger partial charge in [-0.25, -0.2) is 13.1 Å². The van der Waals surface area contributed by atoms with Gasteiger partial charge in [0, 0.05) is 17.3 Å². The second-order valence-corrected chi connectivity index (χ2v) is 9.06. The second kappa shape index (κ2) is 11.7. The molecular formula is C23H32N2O4S. The van der Waals surface area contributed by atoms with Gasteiger partial charge in [-0.05, 0) is 68.3 Å². The average molecular weight is 433 g/mol. The number of benzene rings is 2. The summed E-state index contributed by atoms with van der Waals surface area (Å²) in [7, 11) is -3.56. The van der Waals surface area contributed by atoms with E-state index in [2.05, 4.69) is 17.0 Å². The molecule has 1 unspecified atom stereocenters. The highest BCUT2D eigenvalue weighted by atomic mass is 32.2. The Balaban J connectivity index is 1.91. The summed E-state index contributed by atoms with van der Waals surface area (Å²) in [6.07, 6.45) is 5.29. The van der Waals surface area contributed by atoms with Crippen LogP contribution in [0.3, 0.4) is 0 Å². The van der Waals surface area contributed by atoms with Gasteiger partial charge in [-0.1, -0.05) is 33.1 Å². The van der Waals surface area contributed by atoms with Crippen LogP contribution in [0.15, 0.2) is 53.4 Å². The van der Waals surface area contributed by atoms with Crippen LogP contribution in [0.1, 0.15) is 63.2 Å². The number of nitrogens with one attached hydrogen (secondary N) is 2. The van der Waals surface area contributed by atoms with E-state index >= 15 is 0 Å². The molecule has 7 heteroatoms. The molecule has 0 saturated heterocycles. The Bertz CT molecular complexity index is 894. The van der Waals surface area contributed by atoms with Gasteiger partial charge >= 0.3 is 0 Å². The minimum absolute atomic E-state index is 0.141. The van der Waals surface area contributed by atoms with Crippen molar-refractivity contribution < 1.29 is 17.9 Å². The Morgan fingerprint density at radius 3 is 2.23 bits per heavy atom. The van der Waals surface area contributed by atoms with Crippen molar-refractivity contribution in [3.8, 4) is 5.75 Å². The molecule has 1 amide bonds. The molecule has 30 heavy (non-hydrogen) atoms. The first kappa shape index (κ1) is 23.9. The van der Waals surface area contributed by atoms with Gasteiger partial charge < -0.3 is 10.1 Å². The Morgan fingerprint density at radius 1 is 0.967 bits per heavy atom. The lowest BCUT2D eigenvalue weighted by Gasteiger charge is -2.12. The first-order valence-corrected chi connectivity index (χ1v) is 12.0. The van der Waals surface area contributed by atoms with Crippen molar-refractivity contribution in [2.24, 2.45) is 0 Å². The van der Waals surface area contributed by atoms with Gasteiger partial charge in [-0.15, -0.1) is 0 Å². The zero-order chi connectivity index (χ0) is 22.0. The fourth-order valence-electron chi connectivity index (χ4n) is 2.76. The molecule has 0 spiro atoms. The number of amides is 1. The molecule has 0 heterocycles. The number of carbonyl (C=O) groups is 1. The number of anilines is 1. The molecule has 0 bridgehead atoms. The van der Waals surface area contributed by atoms with Crippen molar-refractivity contribution in [3.05, 3.63) is 54.1 Å². The minimum Gasteiger partial charge on any atom is -0.494 e. The summed E-state index contributed by atoms with van der Waals surface area (Å²) < 4.78 is 32.9. The van der Waals surface area contributed by atoms with Gasteiger partial charge in [-0.3, -0.25) is 4.79 Å². The number of carbonyl (C=O) groups excluding carboxylic acids is 1. The summed E-state index contributed by atoms with van der Waals surface area (Å²) >= 11 is 0. The minimum atomic E-state index is -3.56. The van der Waals surface area contributed by atoms with Crippen LogP contribution in [0.4, 0.5) is 5.69 Å². The summed E-state index contributed by atoms with van der Waals surface area (Å²) in [4.78, 5) is 12.6. The first-order chi connectivity index (χ1) is 14.4. The number of hydrogen-bond donors (Lipinski definition) is 2. The van der Waals surface area contributed by atoms with Crippen LogP contribution in [0.5, 0.6) is 5.75 Å². The van der Waals surface area contributed by atoms with Crippen LogP contribution < -0.4 is 14.8 Å². The van der Waals surface area contributed by atoms with Crippen LogP contribution in [0, 0.1) is 0 Å². The fourth-order valence-corrected chi connectivity index (χ4v) is 4.09. The van der Waals surface area contributed by atoms with Crippen molar-refractivity contribution >= 4 is 21.6 Å². The highest BCUT2D eigenvalue weighted by Crippen LogP contribution is 2.17. The quantitative estimate of drug-likeness (QED) is 0.464. The molecule has 2 aromatic carbocycles. The summed E-state index contributed by atoms with van der Waals surface area (Å²) in [5, 5.41) is 2.78.